The molecule has 2 aliphatic heterocycles. The predicted molar refractivity (Wildman–Crippen MR) is 154 cm³/mol. The lowest BCUT2D eigenvalue weighted by molar-refractivity contribution is -0.129. The molecule has 0 saturated carbocycles. The third-order valence-corrected chi connectivity index (χ3v) is 7.47. The van der Waals surface area contributed by atoms with Gasteiger partial charge in [-0.15, -0.1) is 0 Å². The van der Waals surface area contributed by atoms with E-state index < -0.39 is 6.04 Å². The predicted octanol–water partition coefficient (Wildman–Crippen LogP) is 4.68. The van der Waals surface area contributed by atoms with Gasteiger partial charge in [0.25, 0.3) is 5.91 Å². The molecule has 3 aromatic rings. The Morgan fingerprint density at radius 2 is 1.62 bits per heavy atom. The maximum Gasteiger partial charge on any atom is 0.257 e. The molecule has 2 N–H and O–H groups in total. The van der Waals surface area contributed by atoms with Crippen LogP contribution < -0.4 is 15.4 Å². The zero-order valence-electron chi connectivity index (χ0n) is 23.0. The molecule has 1 atom stereocenters. The number of amides is 3. The Morgan fingerprint density at radius 3 is 2.30 bits per heavy atom. The summed E-state index contributed by atoms with van der Waals surface area (Å²) >= 11 is 0. The van der Waals surface area contributed by atoms with Crippen molar-refractivity contribution in [2.75, 3.05) is 25.0 Å². The molecule has 2 heterocycles. The van der Waals surface area contributed by atoms with Crippen LogP contribution in [0.2, 0.25) is 0 Å². The first-order chi connectivity index (χ1) is 19.4. The highest BCUT2D eigenvalue weighted by molar-refractivity contribution is 6.10. The second-order valence-corrected chi connectivity index (χ2v) is 10.8. The second-order valence-electron chi connectivity index (χ2n) is 10.8. The fourth-order valence-corrected chi connectivity index (χ4v) is 5.46. The van der Waals surface area contributed by atoms with Gasteiger partial charge in [0, 0.05) is 25.7 Å². The van der Waals surface area contributed by atoms with Crippen molar-refractivity contribution in [3.8, 4) is 11.5 Å². The van der Waals surface area contributed by atoms with Crippen molar-refractivity contribution in [2.45, 2.75) is 45.3 Å². The Kier molecular flexibility index (Phi) is 8.45. The zero-order chi connectivity index (χ0) is 28.1. The average Bonchev–Trinajstić information content (AvgIpc) is 3.06. The molecule has 0 aliphatic carbocycles. The number of rotatable bonds is 8. The molecule has 2 aliphatic rings. The van der Waals surface area contributed by atoms with E-state index in [-0.39, 0.29) is 36.2 Å². The fraction of sp³-hybridized carbons (Fsp3) is 0.344. The minimum atomic E-state index is -0.787. The van der Waals surface area contributed by atoms with E-state index >= 15 is 0 Å². The molecular weight excluding hydrogens is 504 g/mol. The third kappa shape index (κ3) is 6.51. The van der Waals surface area contributed by atoms with Crippen LogP contribution >= 0.6 is 0 Å². The molecule has 1 fully saturated rings. The minimum absolute atomic E-state index is 0.0230. The lowest BCUT2D eigenvalue weighted by Crippen LogP contribution is -2.56. The first-order valence-electron chi connectivity index (χ1n) is 13.9. The number of fused-ring (bicyclic) bond motifs is 1. The number of piperidine rings is 1. The Morgan fingerprint density at radius 1 is 0.950 bits per heavy atom. The van der Waals surface area contributed by atoms with Crippen molar-refractivity contribution in [1.29, 1.82) is 0 Å². The van der Waals surface area contributed by atoms with Crippen molar-refractivity contribution >= 4 is 23.4 Å². The molecule has 0 aromatic heterocycles. The molecule has 3 amide bonds. The Labute approximate surface area is 235 Å². The SMILES string of the molecule is CC(C)[C@H](C(=O)NC1CCN(Cc2ccccc2)CC1)N1CC(=O)Nc2ccc(Oc3ccccc3)cc2C1=O. The number of likely N-dealkylation sites (tertiary alicyclic amines) is 1. The molecule has 0 radical (unpaired) electrons. The molecule has 5 rings (SSSR count). The maximum atomic E-state index is 13.8. The third-order valence-electron chi connectivity index (χ3n) is 7.47. The van der Waals surface area contributed by atoms with E-state index in [4.69, 9.17) is 4.74 Å². The number of ether oxygens (including phenoxy) is 1. The van der Waals surface area contributed by atoms with Crippen molar-refractivity contribution < 1.29 is 19.1 Å². The van der Waals surface area contributed by atoms with E-state index in [9.17, 15) is 14.4 Å². The van der Waals surface area contributed by atoms with Gasteiger partial charge in [0.2, 0.25) is 11.8 Å². The van der Waals surface area contributed by atoms with E-state index in [0.29, 0.717) is 22.7 Å². The first-order valence-corrected chi connectivity index (χ1v) is 13.9. The van der Waals surface area contributed by atoms with Gasteiger partial charge in [-0.25, -0.2) is 0 Å². The summed E-state index contributed by atoms with van der Waals surface area (Å²) in [5.41, 5.74) is 1.99. The van der Waals surface area contributed by atoms with Crippen LogP contribution in [0.25, 0.3) is 0 Å². The van der Waals surface area contributed by atoms with E-state index in [1.54, 1.807) is 18.2 Å². The molecular formula is C32H36N4O4. The molecule has 8 nitrogen and oxygen atoms in total. The highest BCUT2D eigenvalue weighted by Gasteiger charge is 2.38. The van der Waals surface area contributed by atoms with Gasteiger partial charge in [0.15, 0.2) is 0 Å². The number of para-hydroxylation sites is 1. The highest BCUT2D eigenvalue weighted by Crippen LogP contribution is 2.30. The van der Waals surface area contributed by atoms with Crippen LogP contribution in [0.3, 0.4) is 0 Å². The lowest BCUT2D eigenvalue weighted by atomic mass is 9.98. The number of benzene rings is 3. The summed E-state index contributed by atoms with van der Waals surface area (Å²) in [6, 6.07) is 23.9. The summed E-state index contributed by atoms with van der Waals surface area (Å²) in [5, 5.41) is 6.01. The van der Waals surface area contributed by atoms with E-state index in [1.165, 1.54) is 10.5 Å². The summed E-state index contributed by atoms with van der Waals surface area (Å²) in [4.78, 5) is 44.1. The highest BCUT2D eigenvalue weighted by atomic mass is 16.5. The molecule has 0 bridgehead atoms. The van der Waals surface area contributed by atoms with Gasteiger partial charge in [-0.1, -0.05) is 62.4 Å². The Hall–Kier alpha value is -4.17. The minimum Gasteiger partial charge on any atom is -0.457 e. The van der Waals surface area contributed by atoms with Gasteiger partial charge < -0.3 is 20.3 Å². The number of nitrogens with one attached hydrogen (secondary N) is 2. The molecule has 40 heavy (non-hydrogen) atoms. The maximum absolute atomic E-state index is 13.8. The Bertz CT molecular complexity index is 1340. The van der Waals surface area contributed by atoms with Gasteiger partial charge in [-0.2, -0.15) is 0 Å². The normalized spacial score (nSPS) is 17.1. The smallest absolute Gasteiger partial charge is 0.257 e. The molecule has 1 saturated heterocycles. The van der Waals surface area contributed by atoms with Crippen molar-refractivity contribution in [1.82, 2.24) is 15.1 Å². The molecule has 0 unspecified atom stereocenters. The number of nitrogens with zero attached hydrogens (tertiary/aromatic N) is 2. The number of hydrogen-bond acceptors (Lipinski definition) is 5. The van der Waals surface area contributed by atoms with E-state index in [1.807, 2.05) is 62.4 Å². The van der Waals surface area contributed by atoms with Gasteiger partial charge in [-0.05, 0) is 54.7 Å². The molecule has 3 aromatic carbocycles. The topological polar surface area (TPSA) is 91.0 Å². The van der Waals surface area contributed by atoms with Crippen LogP contribution in [0.5, 0.6) is 11.5 Å². The number of carbonyl (C=O) groups excluding carboxylic acids is 3. The van der Waals surface area contributed by atoms with Crippen molar-refractivity contribution in [2.24, 2.45) is 5.92 Å². The summed E-state index contributed by atoms with van der Waals surface area (Å²) in [6.45, 7) is 6.26. The average molecular weight is 541 g/mol. The number of anilines is 1. The first kappa shape index (κ1) is 27.4. The summed E-state index contributed by atoms with van der Waals surface area (Å²) in [7, 11) is 0. The van der Waals surface area contributed by atoms with E-state index in [0.717, 1.165) is 32.5 Å². The van der Waals surface area contributed by atoms with Crippen LogP contribution in [-0.4, -0.2) is 59.2 Å². The fourth-order valence-electron chi connectivity index (χ4n) is 5.46. The van der Waals surface area contributed by atoms with Crippen molar-refractivity contribution in [3.05, 3.63) is 90.0 Å². The quantitative estimate of drug-likeness (QED) is 0.433. The van der Waals surface area contributed by atoms with Crippen LogP contribution in [0.1, 0.15) is 42.6 Å². The number of hydrogen-bond donors (Lipinski definition) is 2. The zero-order valence-corrected chi connectivity index (χ0v) is 23.0. The summed E-state index contributed by atoms with van der Waals surface area (Å²) < 4.78 is 5.93. The van der Waals surface area contributed by atoms with Gasteiger partial charge in [-0.3, -0.25) is 19.3 Å². The summed E-state index contributed by atoms with van der Waals surface area (Å²) in [6.07, 6.45) is 1.67. The lowest BCUT2D eigenvalue weighted by Gasteiger charge is -2.36. The standard InChI is InChI=1S/C32H36N4O4/c1-22(2)30(31(38)33-24-15-17-35(18-16-24)20-23-9-5-3-6-10-23)36-21-29(37)34-28-14-13-26(19-27(28)32(36)39)40-25-11-7-4-8-12-25/h3-14,19,22,24,30H,15-18,20-21H2,1-2H3,(H,33,38)(H,34,37)/t30-/m1/s1. The second kappa shape index (κ2) is 12.3. The van der Waals surface area contributed by atoms with Crippen LogP contribution in [0.4, 0.5) is 5.69 Å². The summed E-state index contributed by atoms with van der Waals surface area (Å²) in [5.74, 6) is -0.0196. The van der Waals surface area contributed by atoms with Gasteiger partial charge in [0.1, 0.15) is 24.1 Å². The van der Waals surface area contributed by atoms with Crippen molar-refractivity contribution in [3.63, 3.8) is 0 Å². The van der Waals surface area contributed by atoms with Gasteiger partial charge >= 0.3 is 0 Å². The molecule has 208 valence electrons. The number of carbonyl (C=O) groups is 3. The monoisotopic (exact) mass is 540 g/mol. The molecule has 0 spiro atoms. The molecule has 8 heteroatoms. The Balaban J connectivity index is 1.28. The van der Waals surface area contributed by atoms with Crippen LogP contribution in [0, 0.1) is 5.92 Å². The van der Waals surface area contributed by atoms with Crippen LogP contribution in [-0.2, 0) is 16.1 Å². The largest absolute Gasteiger partial charge is 0.457 e. The van der Waals surface area contributed by atoms with Crippen LogP contribution in [0.15, 0.2) is 78.9 Å². The van der Waals surface area contributed by atoms with E-state index in [2.05, 4.69) is 27.7 Å². The van der Waals surface area contributed by atoms with Gasteiger partial charge in [0.05, 0.1) is 11.3 Å².